The second-order valence-electron chi connectivity index (χ2n) is 2.35. The highest BCUT2D eigenvalue weighted by Gasteiger charge is 2.34. The minimum Gasteiger partial charge on any atom is -0.512 e. The number of ether oxygens (including phenoxy) is 1. The molecule has 0 aromatic heterocycles. The molecule has 11 heavy (non-hydrogen) atoms. The average Bonchev–Trinajstić information content (AvgIpc) is 2.01. The Kier molecular flexibility index (Phi) is 2.33. The van der Waals surface area contributed by atoms with Crippen molar-refractivity contribution in [1.82, 2.24) is 0 Å². The lowest BCUT2D eigenvalue weighted by Gasteiger charge is -2.29. The molecule has 1 heterocycles. The Labute approximate surface area is 63.2 Å². The zero-order chi connectivity index (χ0) is 8.43. The quantitative estimate of drug-likeness (QED) is 0.325. The van der Waals surface area contributed by atoms with Crippen LogP contribution in [0.3, 0.4) is 0 Å². The Hall–Kier alpha value is -0.780. The average molecular weight is 162 g/mol. The molecule has 5 heteroatoms. The molecule has 1 rings (SSSR count). The maximum atomic E-state index is 9.04. The van der Waals surface area contributed by atoms with E-state index in [0.717, 1.165) is 0 Å². The maximum absolute atomic E-state index is 9.04. The monoisotopic (exact) mass is 162 g/mol. The summed E-state index contributed by atoms with van der Waals surface area (Å²) in [5, 5.41) is 35.4. The third-order valence-corrected chi connectivity index (χ3v) is 1.56. The summed E-state index contributed by atoms with van der Waals surface area (Å²) < 4.78 is 4.67. The van der Waals surface area contributed by atoms with Gasteiger partial charge in [-0.2, -0.15) is 0 Å². The van der Waals surface area contributed by atoms with Crippen LogP contribution in [-0.2, 0) is 4.74 Å². The maximum Gasteiger partial charge on any atom is 0.161 e. The standard InChI is InChI=1S/C6H10O5/c7-1-4-6(10)5(9)3(8)2-11-4/h1,3,5-10H,2H2/b4-1+/t3-,5-,6-/m1/s1. The van der Waals surface area contributed by atoms with E-state index in [1.54, 1.807) is 0 Å². The fourth-order valence-corrected chi connectivity index (χ4v) is 0.858. The van der Waals surface area contributed by atoms with Gasteiger partial charge in [0.25, 0.3) is 0 Å². The molecule has 0 unspecified atom stereocenters. The summed E-state index contributed by atoms with van der Waals surface area (Å²) in [6.45, 7) is -0.120. The van der Waals surface area contributed by atoms with E-state index in [1.807, 2.05) is 0 Å². The second-order valence-corrected chi connectivity index (χ2v) is 2.35. The van der Waals surface area contributed by atoms with Gasteiger partial charge in [-0.25, -0.2) is 0 Å². The smallest absolute Gasteiger partial charge is 0.161 e. The van der Waals surface area contributed by atoms with Gasteiger partial charge in [0.2, 0.25) is 0 Å². The lowest BCUT2D eigenvalue weighted by Crippen LogP contribution is -2.46. The summed E-state index contributed by atoms with van der Waals surface area (Å²) in [4.78, 5) is 0. The van der Waals surface area contributed by atoms with Gasteiger partial charge >= 0.3 is 0 Å². The summed E-state index contributed by atoms with van der Waals surface area (Å²) in [5.74, 6) is -0.122. The third kappa shape index (κ3) is 1.45. The summed E-state index contributed by atoms with van der Waals surface area (Å²) in [7, 11) is 0. The van der Waals surface area contributed by atoms with E-state index in [4.69, 9.17) is 20.4 Å². The molecule has 1 aliphatic heterocycles. The van der Waals surface area contributed by atoms with Crippen LogP contribution >= 0.6 is 0 Å². The summed E-state index contributed by atoms with van der Waals surface area (Å²) >= 11 is 0. The van der Waals surface area contributed by atoms with E-state index in [2.05, 4.69) is 4.74 Å². The molecule has 0 bridgehead atoms. The van der Waals surface area contributed by atoms with Crippen molar-refractivity contribution in [3.63, 3.8) is 0 Å². The zero-order valence-electron chi connectivity index (χ0n) is 5.71. The predicted octanol–water partition coefficient (Wildman–Crippen LogP) is -1.50. The highest BCUT2D eigenvalue weighted by molar-refractivity contribution is 5.03. The van der Waals surface area contributed by atoms with E-state index in [0.29, 0.717) is 6.26 Å². The van der Waals surface area contributed by atoms with Gasteiger partial charge < -0.3 is 25.2 Å². The molecular weight excluding hydrogens is 152 g/mol. The molecule has 0 aliphatic carbocycles. The normalized spacial score (nSPS) is 42.1. The number of aliphatic hydroxyl groups excluding tert-OH is 4. The van der Waals surface area contributed by atoms with Crippen LogP contribution < -0.4 is 0 Å². The first-order valence-corrected chi connectivity index (χ1v) is 3.18. The fraction of sp³-hybridized carbons (Fsp3) is 0.667. The molecule has 0 saturated carbocycles. The van der Waals surface area contributed by atoms with Crippen LogP contribution in [0, 0.1) is 0 Å². The SMILES string of the molecule is O/C=C1/OC[C@@H](O)[C@@H](O)[C@@H]1O. The Bertz CT molecular complexity index is 166. The van der Waals surface area contributed by atoms with Crippen LogP contribution in [0.5, 0.6) is 0 Å². The van der Waals surface area contributed by atoms with E-state index in [9.17, 15) is 0 Å². The largest absolute Gasteiger partial charge is 0.512 e. The van der Waals surface area contributed by atoms with Crippen molar-refractivity contribution in [2.75, 3.05) is 6.61 Å². The molecule has 0 aromatic rings. The zero-order valence-corrected chi connectivity index (χ0v) is 5.71. The Morgan fingerprint density at radius 3 is 2.55 bits per heavy atom. The molecule has 4 N–H and O–H groups in total. The Morgan fingerprint density at radius 1 is 1.36 bits per heavy atom. The number of aliphatic hydroxyl groups is 4. The van der Waals surface area contributed by atoms with Crippen LogP contribution in [0.4, 0.5) is 0 Å². The van der Waals surface area contributed by atoms with Gasteiger partial charge in [0.1, 0.15) is 31.2 Å². The van der Waals surface area contributed by atoms with Crippen molar-refractivity contribution in [2.45, 2.75) is 18.3 Å². The molecule has 1 aliphatic rings. The molecule has 1 saturated heterocycles. The van der Waals surface area contributed by atoms with E-state index in [1.165, 1.54) is 0 Å². The van der Waals surface area contributed by atoms with Crippen molar-refractivity contribution in [3.8, 4) is 0 Å². The van der Waals surface area contributed by atoms with Gasteiger partial charge in [-0.3, -0.25) is 0 Å². The highest BCUT2D eigenvalue weighted by atomic mass is 16.5. The molecule has 0 spiro atoms. The van der Waals surface area contributed by atoms with Crippen molar-refractivity contribution < 1.29 is 25.2 Å². The summed E-state index contributed by atoms with van der Waals surface area (Å²) in [5.41, 5.74) is 0. The van der Waals surface area contributed by atoms with E-state index in [-0.39, 0.29) is 12.4 Å². The Morgan fingerprint density at radius 2 is 2.00 bits per heavy atom. The minimum atomic E-state index is -1.34. The van der Waals surface area contributed by atoms with Crippen LogP contribution in [-0.4, -0.2) is 45.3 Å². The summed E-state index contributed by atoms with van der Waals surface area (Å²) in [6.07, 6.45) is -3.17. The van der Waals surface area contributed by atoms with Crippen LogP contribution in [0.1, 0.15) is 0 Å². The fourth-order valence-electron chi connectivity index (χ4n) is 0.858. The van der Waals surface area contributed by atoms with Crippen LogP contribution in [0.25, 0.3) is 0 Å². The van der Waals surface area contributed by atoms with Gasteiger partial charge in [-0.05, 0) is 0 Å². The van der Waals surface area contributed by atoms with E-state index < -0.39 is 18.3 Å². The van der Waals surface area contributed by atoms with Crippen molar-refractivity contribution in [1.29, 1.82) is 0 Å². The Balaban J connectivity index is 2.67. The topological polar surface area (TPSA) is 90.2 Å². The van der Waals surface area contributed by atoms with Gasteiger partial charge in [-0.15, -0.1) is 0 Å². The summed E-state index contributed by atoms with van der Waals surface area (Å²) in [6, 6.07) is 0. The molecule has 0 amide bonds. The molecule has 1 fully saturated rings. The number of hydrogen-bond acceptors (Lipinski definition) is 5. The first-order chi connectivity index (χ1) is 5.16. The molecule has 5 nitrogen and oxygen atoms in total. The van der Waals surface area contributed by atoms with Gasteiger partial charge in [0, 0.05) is 0 Å². The van der Waals surface area contributed by atoms with Crippen LogP contribution in [0.2, 0.25) is 0 Å². The van der Waals surface area contributed by atoms with E-state index >= 15 is 0 Å². The highest BCUT2D eigenvalue weighted by Crippen LogP contribution is 2.17. The molecular formula is C6H10O5. The molecule has 3 atom stereocenters. The van der Waals surface area contributed by atoms with Crippen molar-refractivity contribution in [2.24, 2.45) is 0 Å². The van der Waals surface area contributed by atoms with Crippen molar-refractivity contribution >= 4 is 0 Å². The minimum absolute atomic E-state index is 0.120. The van der Waals surface area contributed by atoms with Crippen LogP contribution in [0.15, 0.2) is 12.0 Å². The molecule has 64 valence electrons. The first kappa shape index (κ1) is 8.32. The second kappa shape index (κ2) is 3.08. The van der Waals surface area contributed by atoms with Crippen molar-refractivity contribution in [3.05, 3.63) is 12.0 Å². The third-order valence-electron chi connectivity index (χ3n) is 1.56. The van der Waals surface area contributed by atoms with Gasteiger partial charge in [0.15, 0.2) is 5.76 Å². The van der Waals surface area contributed by atoms with Gasteiger partial charge in [0.05, 0.1) is 0 Å². The first-order valence-electron chi connectivity index (χ1n) is 3.18. The molecule has 0 aromatic carbocycles. The number of hydrogen-bond donors (Lipinski definition) is 4. The number of rotatable bonds is 0. The lowest BCUT2D eigenvalue weighted by atomic mass is 10.0. The lowest BCUT2D eigenvalue weighted by molar-refractivity contribution is -0.121. The molecule has 0 radical (unpaired) electrons. The van der Waals surface area contributed by atoms with Gasteiger partial charge in [-0.1, -0.05) is 0 Å². The predicted molar refractivity (Wildman–Crippen MR) is 34.7 cm³/mol.